The maximum Gasteiger partial charge on any atom is 0.267 e. The van der Waals surface area contributed by atoms with E-state index in [0.29, 0.717) is 22.7 Å². The number of hydrogen-bond donors (Lipinski definition) is 1. The highest BCUT2D eigenvalue weighted by Crippen LogP contribution is 2.35. The third-order valence-electron chi connectivity index (χ3n) is 4.46. The minimum atomic E-state index is -3.55. The number of nitrogens with one attached hydrogen (secondary N) is 1. The molecule has 0 radical (unpaired) electrons. The Bertz CT molecular complexity index is 1030. The highest BCUT2D eigenvalue weighted by Gasteiger charge is 2.29. The van der Waals surface area contributed by atoms with Gasteiger partial charge >= 0.3 is 0 Å². The van der Waals surface area contributed by atoms with E-state index in [2.05, 4.69) is 5.32 Å². The van der Waals surface area contributed by atoms with E-state index in [0.717, 1.165) is 4.31 Å². The molecule has 148 valence electrons. The summed E-state index contributed by atoms with van der Waals surface area (Å²) in [4.78, 5) is 26.1. The molecule has 0 saturated carbocycles. The topological polar surface area (TPSA) is 96.0 Å². The third kappa shape index (κ3) is 3.58. The molecule has 0 aliphatic carbocycles. The van der Waals surface area contributed by atoms with Gasteiger partial charge in [-0.1, -0.05) is 0 Å². The van der Waals surface area contributed by atoms with Gasteiger partial charge in [-0.05, 0) is 43.3 Å². The van der Waals surface area contributed by atoms with Gasteiger partial charge in [-0.2, -0.15) is 0 Å². The number of carbonyl (C=O) groups is 2. The van der Waals surface area contributed by atoms with Crippen LogP contribution in [0.2, 0.25) is 0 Å². The van der Waals surface area contributed by atoms with Crippen molar-refractivity contribution in [3.05, 3.63) is 48.0 Å². The van der Waals surface area contributed by atoms with Crippen LogP contribution in [0.15, 0.2) is 47.4 Å². The molecule has 8 nitrogen and oxygen atoms in total. The predicted octanol–water partition coefficient (Wildman–Crippen LogP) is 1.93. The lowest BCUT2D eigenvalue weighted by atomic mass is 10.1. The Balaban J connectivity index is 1.79. The zero-order valence-electron chi connectivity index (χ0n) is 16.0. The Morgan fingerprint density at radius 2 is 1.79 bits per heavy atom. The van der Waals surface area contributed by atoms with E-state index < -0.39 is 16.1 Å². The minimum absolute atomic E-state index is 0.109. The van der Waals surface area contributed by atoms with Gasteiger partial charge in [0.25, 0.3) is 11.8 Å². The summed E-state index contributed by atoms with van der Waals surface area (Å²) in [7, 11) is 1.01. The van der Waals surface area contributed by atoms with E-state index in [1.54, 1.807) is 32.2 Å². The van der Waals surface area contributed by atoms with Gasteiger partial charge in [-0.3, -0.25) is 9.59 Å². The van der Waals surface area contributed by atoms with Crippen molar-refractivity contribution in [3.63, 3.8) is 0 Å². The largest absolute Gasteiger partial charge is 0.479 e. The lowest BCUT2D eigenvalue weighted by molar-refractivity contribution is -0.125. The fourth-order valence-electron chi connectivity index (χ4n) is 2.79. The molecule has 1 aliphatic rings. The van der Waals surface area contributed by atoms with Gasteiger partial charge in [0.05, 0.1) is 10.6 Å². The molecule has 1 aliphatic heterocycles. The Morgan fingerprint density at radius 1 is 1.14 bits per heavy atom. The zero-order chi connectivity index (χ0) is 20.6. The van der Waals surface area contributed by atoms with Crippen LogP contribution in [0.25, 0.3) is 0 Å². The number of carbonyl (C=O) groups excluding carboxylic acids is 2. The first kappa shape index (κ1) is 19.8. The molecule has 1 heterocycles. The highest BCUT2D eigenvalue weighted by atomic mass is 32.2. The molecule has 0 aromatic heterocycles. The average Bonchev–Trinajstić information content (AvgIpc) is 2.66. The zero-order valence-corrected chi connectivity index (χ0v) is 16.8. The normalized spacial score (nSPS) is 16.5. The van der Waals surface area contributed by atoms with Crippen molar-refractivity contribution in [3.8, 4) is 5.75 Å². The van der Waals surface area contributed by atoms with Gasteiger partial charge in [-0.25, -0.2) is 12.7 Å². The molecule has 2 aromatic rings. The summed E-state index contributed by atoms with van der Waals surface area (Å²) in [6, 6.07) is 10.7. The van der Waals surface area contributed by atoms with Gasteiger partial charge in [-0.15, -0.1) is 0 Å². The number of anilines is 2. The number of likely N-dealkylation sites (N-methyl/N-ethyl adjacent to an activating group) is 1. The van der Waals surface area contributed by atoms with Crippen LogP contribution in [-0.2, 0) is 14.8 Å². The van der Waals surface area contributed by atoms with Crippen LogP contribution in [0.3, 0.4) is 0 Å². The summed E-state index contributed by atoms with van der Waals surface area (Å²) in [6.45, 7) is 1.66. The second-order valence-corrected chi connectivity index (χ2v) is 8.76. The van der Waals surface area contributed by atoms with Crippen molar-refractivity contribution in [2.75, 3.05) is 31.4 Å². The standard InChI is InChI=1S/C19H21N3O5S/c1-12-19(24)22(4)16-10-7-14(11-17(16)27-12)20-18(23)13-5-8-15(9-6-13)28(25,26)21(2)3/h5-12H,1-4H3,(H,20,23). The maximum atomic E-state index is 12.5. The number of hydrogen-bond acceptors (Lipinski definition) is 5. The number of benzene rings is 2. The summed E-state index contributed by atoms with van der Waals surface area (Å²) in [5.41, 5.74) is 1.44. The smallest absolute Gasteiger partial charge is 0.267 e. The van der Waals surface area contributed by atoms with Crippen molar-refractivity contribution >= 4 is 33.2 Å². The molecule has 3 rings (SSSR count). The second kappa shape index (κ2) is 7.25. The predicted molar refractivity (Wildman–Crippen MR) is 105 cm³/mol. The highest BCUT2D eigenvalue weighted by molar-refractivity contribution is 7.89. The number of sulfonamides is 1. The molecule has 2 aromatic carbocycles. The van der Waals surface area contributed by atoms with Gasteiger partial charge in [0.1, 0.15) is 5.75 Å². The van der Waals surface area contributed by atoms with Crippen molar-refractivity contribution in [2.45, 2.75) is 17.9 Å². The van der Waals surface area contributed by atoms with Gasteiger partial charge in [0.15, 0.2) is 6.10 Å². The van der Waals surface area contributed by atoms with E-state index in [9.17, 15) is 18.0 Å². The molecule has 9 heteroatoms. The first-order valence-electron chi connectivity index (χ1n) is 8.53. The lowest BCUT2D eigenvalue weighted by Crippen LogP contribution is -2.41. The van der Waals surface area contributed by atoms with E-state index in [-0.39, 0.29) is 16.7 Å². The molecule has 0 saturated heterocycles. The Labute approximate surface area is 163 Å². The van der Waals surface area contributed by atoms with Crippen LogP contribution in [0.4, 0.5) is 11.4 Å². The molecule has 28 heavy (non-hydrogen) atoms. The molecule has 0 fully saturated rings. The molecular weight excluding hydrogens is 382 g/mol. The summed E-state index contributed by atoms with van der Waals surface area (Å²) in [6.07, 6.45) is -0.602. The molecule has 1 unspecified atom stereocenters. The van der Waals surface area contributed by atoms with Crippen LogP contribution >= 0.6 is 0 Å². The lowest BCUT2D eigenvalue weighted by Gasteiger charge is -2.30. The van der Waals surface area contributed by atoms with Crippen molar-refractivity contribution in [1.29, 1.82) is 0 Å². The molecule has 1 atom stereocenters. The van der Waals surface area contributed by atoms with E-state index in [1.807, 2.05) is 0 Å². The van der Waals surface area contributed by atoms with Crippen LogP contribution in [0.5, 0.6) is 5.75 Å². The molecule has 1 N–H and O–H groups in total. The fourth-order valence-corrected chi connectivity index (χ4v) is 3.69. The molecule has 0 spiro atoms. The van der Waals surface area contributed by atoms with Gasteiger partial charge in [0.2, 0.25) is 10.0 Å². The third-order valence-corrected chi connectivity index (χ3v) is 6.29. The van der Waals surface area contributed by atoms with Crippen molar-refractivity contribution in [1.82, 2.24) is 4.31 Å². The first-order valence-corrected chi connectivity index (χ1v) is 9.97. The number of fused-ring (bicyclic) bond motifs is 1. The minimum Gasteiger partial charge on any atom is -0.479 e. The van der Waals surface area contributed by atoms with Crippen LogP contribution in [-0.4, -0.2) is 51.8 Å². The van der Waals surface area contributed by atoms with E-state index >= 15 is 0 Å². The fraction of sp³-hybridized carbons (Fsp3) is 0.263. The monoisotopic (exact) mass is 403 g/mol. The SMILES string of the molecule is CC1Oc2cc(NC(=O)c3ccc(S(=O)(=O)N(C)C)cc3)ccc2N(C)C1=O. The van der Waals surface area contributed by atoms with Crippen LogP contribution in [0.1, 0.15) is 17.3 Å². The summed E-state index contributed by atoms with van der Waals surface area (Å²) in [5.74, 6) is -0.0288. The van der Waals surface area contributed by atoms with Gasteiger partial charge < -0.3 is 15.0 Å². The van der Waals surface area contributed by atoms with E-state index in [4.69, 9.17) is 4.74 Å². The molecule has 2 amide bonds. The number of ether oxygens (including phenoxy) is 1. The average molecular weight is 403 g/mol. The Kier molecular flexibility index (Phi) is 5.14. The van der Waals surface area contributed by atoms with Crippen LogP contribution in [0, 0.1) is 0 Å². The first-order chi connectivity index (χ1) is 13.1. The van der Waals surface area contributed by atoms with Crippen molar-refractivity contribution < 1.29 is 22.7 Å². The number of nitrogens with zero attached hydrogens (tertiary/aromatic N) is 2. The summed E-state index contributed by atoms with van der Waals surface area (Å²) < 4.78 is 30.9. The molecular formula is C19H21N3O5S. The number of rotatable bonds is 4. The molecule has 0 bridgehead atoms. The maximum absolute atomic E-state index is 12.5. The summed E-state index contributed by atoms with van der Waals surface area (Å²) in [5, 5.41) is 2.75. The quantitative estimate of drug-likeness (QED) is 0.842. The van der Waals surface area contributed by atoms with E-state index in [1.165, 1.54) is 43.3 Å². The summed E-state index contributed by atoms with van der Waals surface area (Å²) >= 11 is 0. The van der Waals surface area contributed by atoms with Gasteiger partial charge in [0, 0.05) is 38.5 Å². The van der Waals surface area contributed by atoms with Crippen LogP contribution < -0.4 is 15.0 Å². The van der Waals surface area contributed by atoms with Crippen molar-refractivity contribution in [2.24, 2.45) is 0 Å². The number of amides is 2. The Morgan fingerprint density at radius 3 is 2.39 bits per heavy atom. The Hall–Kier alpha value is -2.91. The second-order valence-electron chi connectivity index (χ2n) is 6.61.